The van der Waals surface area contributed by atoms with Crippen LogP contribution in [-0.4, -0.2) is 56.3 Å². The van der Waals surface area contributed by atoms with Gasteiger partial charge in [-0.05, 0) is 12.1 Å². The van der Waals surface area contributed by atoms with Crippen molar-refractivity contribution >= 4 is 16.9 Å². The van der Waals surface area contributed by atoms with Crippen LogP contribution in [0.5, 0.6) is 0 Å². The highest BCUT2D eigenvalue weighted by molar-refractivity contribution is 5.80. The number of fused-ring (bicyclic) bond motifs is 1. The fourth-order valence-corrected chi connectivity index (χ4v) is 3.29. The molecule has 0 radical (unpaired) electrons. The number of para-hydroxylation sites is 2. The second-order valence-corrected chi connectivity index (χ2v) is 6.53. The number of aryl methyl sites for hydroxylation is 1. The van der Waals surface area contributed by atoms with Crippen molar-refractivity contribution in [3.63, 3.8) is 0 Å². The first-order valence-electron chi connectivity index (χ1n) is 9.02. The molecule has 27 heavy (non-hydrogen) atoms. The standard InChI is InChI=1S/C18H21N5O4/c1-2-16-20-15(21-27-16)9-12-10-22(7-8-26-12)17(24)11-23-14-6-4-3-5-13(14)19-18(23)25/h3-6,12H,2,7-11H2,1H3,(H,19,25)/t12-/m0/s1. The van der Waals surface area contributed by atoms with Gasteiger partial charge in [-0.2, -0.15) is 4.98 Å². The van der Waals surface area contributed by atoms with Crippen LogP contribution in [0.25, 0.3) is 11.0 Å². The minimum Gasteiger partial charge on any atom is -0.374 e. The van der Waals surface area contributed by atoms with Gasteiger partial charge in [-0.3, -0.25) is 9.36 Å². The lowest BCUT2D eigenvalue weighted by Gasteiger charge is -2.32. The Kier molecular flexibility index (Phi) is 4.76. The summed E-state index contributed by atoms with van der Waals surface area (Å²) in [4.78, 5) is 33.7. The molecule has 1 amide bonds. The van der Waals surface area contributed by atoms with Crippen LogP contribution in [0.2, 0.25) is 0 Å². The van der Waals surface area contributed by atoms with E-state index >= 15 is 0 Å². The summed E-state index contributed by atoms with van der Waals surface area (Å²) in [5.41, 5.74) is 1.16. The van der Waals surface area contributed by atoms with Crippen molar-refractivity contribution in [2.24, 2.45) is 0 Å². The van der Waals surface area contributed by atoms with E-state index in [9.17, 15) is 9.59 Å². The summed E-state index contributed by atoms with van der Waals surface area (Å²) in [6.45, 7) is 3.32. The number of nitrogens with one attached hydrogen (secondary N) is 1. The molecule has 1 aromatic carbocycles. The van der Waals surface area contributed by atoms with Gasteiger partial charge in [0.25, 0.3) is 0 Å². The lowest BCUT2D eigenvalue weighted by molar-refractivity contribution is -0.139. The van der Waals surface area contributed by atoms with Gasteiger partial charge in [-0.25, -0.2) is 4.79 Å². The predicted octanol–water partition coefficient (Wildman–Crippen LogP) is 0.745. The lowest BCUT2D eigenvalue weighted by Crippen LogP contribution is -2.48. The number of ether oxygens (including phenoxy) is 1. The van der Waals surface area contributed by atoms with Gasteiger partial charge in [-0.15, -0.1) is 0 Å². The van der Waals surface area contributed by atoms with Crippen LogP contribution in [0.4, 0.5) is 0 Å². The van der Waals surface area contributed by atoms with Gasteiger partial charge < -0.3 is 19.1 Å². The number of amides is 1. The average Bonchev–Trinajstić information content (AvgIpc) is 3.26. The normalized spacial score (nSPS) is 17.5. The molecule has 0 spiro atoms. The fourth-order valence-electron chi connectivity index (χ4n) is 3.29. The van der Waals surface area contributed by atoms with Gasteiger partial charge in [0.15, 0.2) is 5.82 Å². The summed E-state index contributed by atoms with van der Waals surface area (Å²) in [6, 6.07) is 7.33. The number of nitrogens with zero attached hydrogens (tertiary/aromatic N) is 4. The van der Waals surface area contributed by atoms with E-state index in [1.165, 1.54) is 4.57 Å². The van der Waals surface area contributed by atoms with Crippen LogP contribution in [-0.2, 0) is 28.9 Å². The van der Waals surface area contributed by atoms with Crippen LogP contribution in [0, 0.1) is 0 Å². The van der Waals surface area contributed by atoms with Gasteiger partial charge >= 0.3 is 5.69 Å². The lowest BCUT2D eigenvalue weighted by atomic mass is 10.2. The van der Waals surface area contributed by atoms with E-state index in [4.69, 9.17) is 9.26 Å². The molecule has 1 N–H and O–H groups in total. The van der Waals surface area contributed by atoms with Crippen molar-refractivity contribution in [3.8, 4) is 0 Å². The molecule has 142 valence electrons. The zero-order valence-corrected chi connectivity index (χ0v) is 15.1. The van der Waals surface area contributed by atoms with Crippen LogP contribution >= 0.6 is 0 Å². The summed E-state index contributed by atoms with van der Waals surface area (Å²) >= 11 is 0. The minimum atomic E-state index is -0.284. The Bertz CT molecular complexity index is 1000. The molecule has 3 heterocycles. The van der Waals surface area contributed by atoms with Crippen molar-refractivity contribution in [1.82, 2.24) is 24.6 Å². The zero-order valence-electron chi connectivity index (χ0n) is 15.1. The van der Waals surface area contributed by atoms with Crippen molar-refractivity contribution in [2.75, 3.05) is 19.7 Å². The molecule has 0 bridgehead atoms. The number of carbonyl (C=O) groups excluding carboxylic acids is 1. The predicted molar refractivity (Wildman–Crippen MR) is 96.3 cm³/mol. The van der Waals surface area contributed by atoms with E-state index in [2.05, 4.69) is 15.1 Å². The molecule has 1 saturated heterocycles. The molecule has 9 nitrogen and oxygen atoms in total. The summed E-state index contributed by atoms with van der Waals surface area (Å²) in [5, 5.41) is 3.94. The number of H-pyrrole nitrogens is 1. The maximum atomic E-state index is 12.8. The van der Waals surface area contributed by atoms with E-state index in [0.717, 1.165) is 11.0 Å². The maximum Gasteiger partial charge on any atom is 0.326 e. The first-order chi connectivity index (χ1) is 13.1. The van der Waals surface area contributed by atoms with Crippen molar-refractivity contribution < 1.29 is 14.1 Å². The number of rotatable bonds is 5. The molecule has 0 aliphatic carbocycles. The summed E-state index contributed by atoms with van der Waals surface area (Å²) < 4.78 is 12.3. The van der Waals surface area contributed by atoms with Crippen molar-refractivity contribution in [2.45, 2.75) is 32.4 Å². The molecule has 1 aliphatic heterocycles. The van der Waals surface area contributed by atoms with Crippen molar-refractivity contribution in [3.05, 3.63) is 46.5 Å². The molecule has 4 rings (SSSR count). The monoisotopic (exact) mass is 371 g/mol. The summed E-state index contributed by atoms with van der Waals surface area (Å²) in [5.74, 6) is 1.06. The second-order valence-electron chi connectivity index (χ2n) is 6.53. The topological polar surface area (TPSA) is 106 Å². The van der Waals surface area contributed by atoms with Gasteiger partial charge in [0.05, 0.1) is 23.7 Å². The van der Waals surface area contributed by atoms with Gasteiger partial charge in [0.1, 0.15) is 6.54 Å². The van der Waals surface area contributed by atoms with Crippen LogP contribution in [0.3, 0.4) is 0 Å². The SMILES string of the molecule is CCc1nc(C[C@H]2CN(C(=O)Cn3c(=O)[nH]c4ccccc43)CCO2)no1. The van der Waals surface area contributed by atoms with Gasteiger partial charge in [0.2, 0.25) is 11.8 Å². The second kappa shape index (κ2) is 7.36. The first-order valence-corrected chi connectivity index (χ1v) is 9.02. The van der Waals surface area contributed by atoms with Gasteiger partial charge in [-0.1, -0.05) is 24.2 Å². The Balaban J connectivity index is 1.43. The van der Waals surface area contributed by atoms with Crippen LogP contribution in [0.1, 0.15) is 18.6 Å². The molecule has 1 fully saturated rings. The molecular formula is C18H21N5O4. The number of carbonyl (C=O) groups is 1. The van der Waals surface area contributed by atoms with E-state index in [1.807, 2.05) is 31.2 Å². The van der Waals surface area contributed by atoms with E-state index < -0.39 is 0 Å². The Morgan fingerprint density at radius 1 is 1.37 bits per heavy atom. The van der Waals surface area contributed by atoms with Gasteiger partial charge in [0, 0.05) is 25.9 Å². The number of hydrogen-bond acceptors (Lipinski definition) is 6. The van der Waals surface area contributed by atoms with E-state index in [0.29, 0.717) is 44.3 Å². The third-order valence-corrected chi connectivity index (χ3v) is 4.69. The number of aromatic amines is 1. The molecule has 9 heteroatoms. The highest BCUT2D eigenvalue weighted by Crippen LogP contribution is 2.13. The zero-order chi connectivity index (χ0) is 18.8. The van der Waals surface area contributed by atoms with Crippen molar-refractivity contribution in [1.29, 1.82) is 0 Å². The third kappa shape index (κ3) is 3.63. The number of hydrogen-bond donors (Lipinski definition) is 1. The quantitative estimate of drug-likeness (QED) is 0.709. The van der Waals surface area contributed by atoms with E-state index in [1.54, 1.807) is 4.90 Å². The Hall–Kier alpha value is -2.94. The Morgan fingerprint density at radius 3 is 3.04 bits per heavy atom. The summed E-state index contributed by atoms with van der Waals surface area (Å²) in [6.07, 6.45) is 0.979. The number of imidazole rings is 1. The van der Waals surface area contributed by atoms with Crippen LogP contribution in [0.15, 0.2) is 33.6 Å². The number of morpholine rings is 1. The minimum absolute atomic E-state index is 0.00222. The molecule has 0 saturated carbocycles. The average molecular weight is 371 g/mol. The molecule has 2 aromatic heterocycles. The molecule has 0 unspecified atom stereocenters. The largest absolute Gasteiger partial charge is 0.374 e. The highest BCUT2D eigenvalue weighted by atomic mass is 16.5. The third-order valence-electron chi connectivity index (χ3n) is 4.69. The molecule has 1 aliphatic rings. The first kappa shape index (κ1) is 17.5. The van der Waals surface area contributed by atoms with E-state index in [-0.39, 0.29) is 24.2 Å². The number of benzene rings is 1. The van der Waals surface area contributed by atoms with Crippen LogP contribution < -0.4 is 5.69 Å². The Morgan fingerprint density at radius 2 is 2.22 bits per heavy atom. The maximum absolute atomic E-state index is 12.8. The molecule has 3 aromatic rings. The fraction of sp³-hybridized carbons (Fsp3) is 0.444. The Labute approximate surface area is 154 Å². The summed E-state index contributed by atoms with van der Waals surface area (Å²) in [7, 11) is 0. The molecule has 1 atom stereocenters. The smallest absolute Gasteiger partial charge is 0.326 e. The number of aromatic nitrogens is 4. The highest BCUT2D eigenvalue weighted by Gasteiger charge is 2.26. The molecular weight excluding hydrogens is 350 g/mol.